The van der Waals surface area contributed by atoms with Gasteiger partial charge >= 0.3 is 135 Å². The van der Waals surface area contributed by atoms with Crippen molar-refractivity contribution in [2.75, 3.05) is 0 Å². The molecule has 3 heterocycles. The van der Waals surface area contributed by atoms with E-state index in [1.165, 1.54) is 16.8 Å². The number of furan rings is 1. The molecule has 8 aromatic rings. The maximum absolute atomic E-state index is 8.76. The topological polar surface area (TPSA) is 43.9 Å². The van der Waals surface area contributed by atoms with Crippen LogP contribution in [0, 0.1) is 17.5 Å². The van der Waals surface area contributed by atoms with E-state index < -0.39 is 25.1 Å². The summed E-state index contributed by atoms with van der Waals surface area (Å²) in [7, 11) is 0. The smallest absolute Gasteiger partial charge is 0 e. The van der Waals surface area contributed by atoms with Gasteiger partial charge in [-0.3, -0.25) is 4.98 Å². The number of imidazole rings is 1. The summed E-state index contributed by atoms with van der Waals surface area (Å²) >= 11 is -2.24. The average molecular weight is 979 g/mol. The van der Waals surface area contributed by atoms with E-state index in [1.807, 2.05) is 81.6 Å². The van der Waals surface area contributed by atoms with Crippen molar-refractivity contribution in [3.63, 3.8) is 0 Å². The Balaban J connectivity index is 0.000000208. The number of hydrogen-bond donors (Lipinski definition) is 0. The predicted molar refractivity (Wildman–Crippen MR) is 235 cm³/mol. The normalized spacial score (nSPS) is 12.8. The van der Waals surface area contributed by atoms with Crippen LogP contribution in [0.2, 0.25) is 17.3 Å². The molecule has 5 aromatic carbocycles. The number of benzene rings is 5. The molecule has 0 N–H and O–H groups in total. The van der Waals surface area contributed by atoms with Crippen LogP contribution >= 0.6 is 0 Å². The molecule has 0 atom stereocenters. The first kappa shape index (κ1) is 38.6. The number of hydrogen-bond acceptors (Lipinski definition) is 3. The molecule has 0 saturated carbocycles. The van der Waals surface area contributed by atoms with Crippen LogP contribution in [0.3, 0.4) is 0 Å². The first-order chi connectivity index (χ1) is 27.0. The number of nitrogens with zero attached hydrogens (tertiary/aromatic N) is 3. The first-order valence-electron chi connectivity index (χ1n) is 20.4. The minimum Gasteiger partial charge on any atom is 0 e. The molecule has 4 nitrogen and oxygen atoms in total. The summed E-state index contributed by atoms with van der Waals surface area (Å²) < 4.78 is 27.4. The largest absolute Gasteiger partial charge is 0 e. The third kappa shape index (κ3) is 8.51. The van der Waals surface area contributed by atoms with Gasteiger partial charge in [-0.2, -0.15) is 0 Å². The van der Waals surface area contributed by atoms with Crippen LogP contribution in [0.25, 0.3) is 61.3 Å². The van der Waals surface area contributed by atoms with E-state index >= 15 is 0 Å². The van der Waals surface area contributed by atoms with Gasteiger partial charge in [-0.25, -0.2) is 0 Å². The summed E-state index contributed by atoms with van der Waals surface area (Å²) in [6, 6.07) is 43.7. The molecule has 0 fully saturated rings. The molecule has 1 radical (unpaired) electrons. The number of para-hydroxylation sites is 4. The van der Waals surface area contributed by atoms with Crippen molar-refractivity contribution in [3.8, 4) is 28.3 Å². The second-order valence-corrected chi connectivity index (χ2v) is 27.6. The van der Waals surface area contributed by atoms with Gasteiger partial charge in [0.25, 0.3) is 0 Å². The zero-order chi connectivity index (χ0) is 40.9. The standard InChI is InChI=1S/C31H27N2O.C19H26GeN.Ir/c1-19(2)21-12-9-13-22(20(3)4)29(21)33-27-17-7-6-16-26(27)32-31(33)25-15-10-14-24-23-11-5-8-18-28(23)34-30(24)25;1-19(2,3)13-16-12-18(15-10-8-7-9-11-15)21-14-17(16)20(4,5)6;/h5-14,16-20H,1-4H3;7-10,12,14H,13H2,1-6H3;/q2*-1;/i;13D2;. The molecule has 0 unspecified atom stereocenters. The van der Waals surface area contributed by atoms with Crippen LogP contribution in [0.1, 0.15) is 79.7 Å². The predicted octanol–water partition coefficient (Wildman–Crippen LogP) is 13.3. The Bertz CT molecular complexity index is 2680. The molecule has 0 aliphatic rings. The van der Waals surface area contributed by atoms with Crippen molar-refractivity contribution in [2.24, 2.45) is 5.41 Å². The van der Waals surface area contributed by atoms with E-state index in [4.69, 9.17) is 12.1 Å². The molecule has 0 saturated heterocycles. The Hall–Kier alpha value is -4.29. The van der Waals surface area contributed by atoms with Gasteiger partial charge in [-0.15, -0.1) is 18.2 Å². The number of fused-ring (bicyclic) bond motifs is 4. The summed E-state index contributed by atoms with van der Waals surface area (Å²) in [5.74, 6) is 8.46. The Morgan fingerprint density at radius 3 is 2.12 bits per heavy atom. The van der Waals surface area contributed by atoms with Crippen molar-refractivity contribution >= 4 is 50.6 Å². The quantitative estimate of drug-likeness (QED) is 0.118. The summed E-state index contributed by atoms with van der Waals surface area (Å²) in [5.41, 5.74) is 10.5. The summed E-state index contributed by atoms with van der Waals surface area (Å²) in [4.78, 5) is 9.77. The molecule has 8 rings (SSSR count). The van der Waals surface area contributed by atoms with Crippen molar-refractivity contribution < 1.29 is 27.3 Å². The van der Waals surface area contributed by atoms with Crippen LogP contribution in [0.15, 0.2) is 120 Å². The van der Waals surface area contributed by atoms with Gasteiger partial charge in [-0.05, 0) is 41.2 Å². The monoisotopic (exact) mass is 980 g/mol. The molecule has 6 heteroatoms. The fourth-order valence-electron chi connectivity index (χ4n) is 7.31. The maximum atomic E-state index is 8.76. The van der Waals surface area contributed by atoms with E-state index in [1.54, 1.807) is 0 Å². The van der Waals surface area contributed by atoms with Crippen LogP contribution in [-0.4, -0.2) is 27.8 Å². The van der Waals surface area contributed by atoms with Crippen LogP contribution in [-0.2, 0) is 26.5 Å². The third-order valence-electron chi connectivity index (χ3n) is 9.90. The molecular weight excluding hydrogens is 923 g/mol. The molecular formula is C50H53GeIrN3O-2. The molecule has 0 bridgehead atoms. The zero-order valence-corrected chi connectivity index (χ0v) is 38.7. The van der Waals surface area contributed by atoms with E-state index in [-0.39, 0.29) is 20.1 Å². The van der Waals surface area contributed by atoms with Gasteiger partial charge in [0.15, 0.2) is 0 Å². The van der Waals surface area contributed by atoms with Crippen molar-refractivity contribution in [1.29, 1.82) is 0 Å². The minimum atomic E-state index is -2.24. The minimum absolute atomic E-state index is 0. The van der Waals surface area contributed by atoms with E-state index in [9.17, 15) is 0 Å². The van der Waals surface area contributed by atoms with E-state index in [0.29, 0.717) is 11.8 Å². The molecule has 0 spiro atoms. The fourth-order valence-corrected chi connectivity index (χ4v) is 10.2. The van der Waals surface area contributed by atoms with Crippen LogP contribution in [0.4, 0.5) is 0 Å². The molecule has 3 aromatic heterocycles. The second-order valence-electron chi connectivity index (χ2n) is 17.1. The number of pyridine rings is 1. The first-order valence-corrected chi connectivity index (χ1v) is 26.7. The SMILES string of the molecule is CC(C)c1cccc(C(C)C)c1-n1c(-c2[c-]ccc3c2oc2ccccc23)nc2ccccc21.[2H]C([2H])(c1cc(-c2[c-]cccc2)nc[c]1[Ge]([CH3])([CH3])[CH3])C(C)(C)C.[Ir]. The summed E-state index contributed by atoms with van der Waals surface area (Å²) in [5, 5.41) is 2.20. The van der Waals surface area contributed by atoms with Crippen molar-refractivity contribution in [2.45, 2.75) is 83.9 Å². The molecule has 0 aliphatic carbocycles. The van der Waals surface area contributed by atoms with Crippen molar-refractivity contribution in [1.82, 2.24) is 14.5 Å². The van der Waals surface area contributed by atoms with Gasteiger partial charge in [0.05, 0.1) is 22.4 Å². The molecule has 0 aliphatic heterocycles. The Morgan fingerprint density at radius 2 is 1.46 bits per heavy atom. The van der Waals surface area contributed by atoms with Gasteiger partial charge in [0.1, 0.15) is 5.58 Å². The Labute approximate surface area is 352 Å². The van der Waals surface area contributed by atoms with E-state index in [0.717, 1.165) is 65.6 Å². The van der Waals surface area contributed by atoms with Gasteiger partial charge in [0.2, 0.25) is 0 Å². The van der Waals surface area contributed by atoms with Gasteiger partial charge in [0, 0.05) is 31.2 Å². The molecule has 289 valence electrons. The third-order valence-corrected chi connectivity index (χ3v) is 14.1. The molecule has 0 amide bonds. The van der Waals surface area contributed by atoms with Crippen LogP contribution < -0.4 is 4.40 Å². The van der Waals surface area contributed by atoms with Gasteiger partial charge < -0.3 is 8.98 Å². The Morgan fingerprint density at radius 1 is 0.786 bits per heavy atom. The van der Waals surface area contributed by atoms with Crippen molar-refractivity contribution in [3.05, 3.63) is 144 Å². The molecule has 56 heavy (non-hydrogen) atoms. The summed E-state index contributed by atoms with van der Waals surface area (Å²) in [6.45, 7) is 14.9. The number of aromatic nitrogens is 3. The average Bonchev–Trinajstić information content (AvgIpc) is 3.76. The second kappa shape index (κ2) is 16.7. The fraction of sp³-hybridized carbons (Fsp3) is 0.280. The number of rotatable bonds is 7. The van der Waals surface area contributed by atoms with Gasteiger partial charge in [-0.1, -0.05) is 87.2 Å². The summed E-state index contributed by atoms with van der Waals surface area (Å²) in [6.07, 6.45) is 0.502. The van der Waals surface area contributed by atoms with Crippen LogP contribution in [0.5, 0.6) is 0 Å². The Kier molecular flexibility index (Phi) is 11.5. The maximum Gasteiger partial charge on any atom is 0 e. The zero-order valence-electron chi connectivity index (χ0n) is 36.2. The van der Waals surface area contributed by atoms with E-state index in [2.05, 4.69) is 121 Å².